The molecule has 1 N–H and O–H groups in total. The molecule has 1 atom stereocenters. The van der Waals surface area contributed by atoms with Gasteiger partial charge in [0.25, 0.3) is 0 Å². The normalized spacial score (nSPS) is 11.6. The van der Waals surface area contributed by atoms with Crippen LogP contribution < -0.4 is 0 Å². The number of rotatable bonds is 3. The second kappa shape index (κ2) is 5.93. The minimum absolute atomic E-state index is 0.706. The highest BCUT2D eigenvalue weighted by Gasteiger charge is 2.03. The highest BCUT2D eigenvalue weighted by molar-refractivity contribution is 5.21. The predicted molar refractivity (Wildman–Crippen MR) is 66.2 cm³/mol. The van der Waals surface area contributed by atoms with Crippen molar-refractivity contribution in [3.63, 3.8) is 0 Å². The van der Waals surface area contributed by atoms with E-state index < -0.39 is 6.10 Å². The van der Waals surface area contributed by atoms with Gasteiger partial charge < -0.3 is 9.52 Å². The summed E-state index contributed by atoms with van der Waals surface area (Å²) in [6.07, 6.45) is 3.95. The molecule has 0 bridgehead atoms. The summed E-state index contributed by atoms with van der Waals surface area (Å²) in [5.74, 6) is 5.78. The zero-order valence-electron chi connectivity index (χ0n) is 9.47. The van der Waals surface area contributed by atoms with E-state index >= 15 is 0 Å². The van der Waals surface area contributed by atoms with Gasteiger partial charge in [0.05, 0.1) is 12.5 Å². The van der Waals surface area contributed by atoms with Crippen LogP contribution in [0.25, 0.3) is 0 Å². The maximum absolute atomic E-state index is 9.67. The molecule has 0 aliphatic carbocycles. The Morgan fingerprint density at radius 1 is 1.18 bits per heavy atom. The van der Waals surface area contributed by atoms with E-state index in [1.165, 1.54) is 18.1 Å². The van der Waals surface area contributed by atoms with Gasteiger partial charge in [-0.3, -0.25) is 0 Å². The third-order valence-corrected chi connectivity index (χ3v) is 2.48. The molecule has 0 fully saturated rings. The Morgan fingerprint density at radius 2 is 2.00 bits per heavy atom. The first-order valence-electron chi connectivity index (χ1n) is 5.59. The fourth-order valence-electron chi connectivity index (χ4n) is 1.53. The molecule has 2 aromatic rings. The van der Waals surface area contributed by atoms with Crippen molar-refractivity contribution in [2.45, 2.75) is 18.9 Å². The van der Waals surface area contributed by atoms with Crippen molar-refractivity contribution in [1.82, 2.24) is 0 Å². The Bertz CT molecular complexity index is 489. The van der Waals surface area contributed by atoms with E-state index in [1.54, 1.807) is 6.07 Å². The number of furan rings is 1. The van der Waals surface area contributed by atoms with Crippen LogP contribution in [-0.4, -0.2) is 5.11 Å². The fourth-order valence-corrected chi connectivity index (χ4v) is 1.53. The fraction of sp³-hybridized carbons (Fsp3) is 0.200. The van der Waals surface area contributed by atoms with Crippen molar-refractivity contribution in [3.8, 4) is 11.8 Å². The zero-order valence-corrected chi connectivity index (χ0v) is 9.47. The first kappa shape index (κ1) is 11.5. The molecular weight excluding hydrogens is 212 g/mol. The summed E-state index contributed by atoms with van der Waals surface area (Å²) in [7, 11) is 0. The molecule has 1 aromatic carbocycles. The van der Waals surface area contributed by atoms with Crippen LogP contribution in [0, 0.1) is 11.8 Å². The Hall–Kier alpha value is -1.98. The van der Waals surface area contributed by atoms with Crippen molar-refractivity contribution < 1.29 is 9.52 Å². The second-order valence-corrected chi connectivity index (χ2v) is 3.77. The highest BCUT2D eigenvalue weighted by Crippen LogP contribution is 2.11. The minimum atomic E-state index is -0.746. The van der Waals surface area contributed by atoms with Crippen molar-refractivity contribution >= 4 is 0 Å². The summed E-state index contributed by atoms with van der Waals surface area (Å²) >= 11 is 0. The van der Waals surface area contributed by atoms with Gasteiger partial charge in [0.1, 0.15) is 6.10 Å². The van der Waals surface area contributed by atoms with E-state index in [9.17, 15) is 5.11 Å². The molecule has 17 heavy (non-hydrogen) atoms. The summed E-state index contributed by atoms with van der Waals surface area (Å²) in [6, 6.07) is 11.9. The molecule has 0 saturated heterocycles. The van der Waals surface area contributed by atoms with E-state index in [-0.39, 0.29) is 0 Å². The number of hydrogen-bond acceptors (Lipinski definition) is 2. The maximum atomic E-state index is 9.67. The second-order valence-electron chi connectivity index (χ2n) is 3.77. The molecule has 2 nitrogen and oxygen atoms in total. The van der Waals surface area contributed by atoms with E-state index in [2.05, 4.69) is 24.0 Å². The van der Waals surface area contributed by atoms with Gasteiger partial charge in [-0.2, -0.15) is 0 Å². The monoisotopic (exact) mass is 226 g/mol. The average molecular weight is 226 g/mol. The van der Waals surface area contributed by atoms with Crippen molar-refractivity contribution in [1.29, 1.82) is 0 Å². The van der Waals surface area contributed by atoms with Gasteiger partial charge in [0.2, 0.25) is 0 Å². The Labute approximate surface area is 101 Å². The van der Waals surface area contributed by atoms with Crippen LogP contribution in [0.4, 0.5) is 0 Å². The summed E-state index contributed by atoms with van der Waals surface area (Å²) < 4.78 is 4.88. The van der Waals surface area contributed by atoms with Gasteiger partial charge in [-0.1, -0.05) is 42.2 Å². The standard InChI is InChI=1S/C15H14O2/c16-15(14-10-11-17-12-14)9-5-4-8-13-6-2-1-3-7-13/h1-3,6-7,10-12,15-16H,4,8H2/t15-/m0/s1. The molecule has 1 aromatic heterocycles. The van der Waals surface area contributed by atoms with Crippen LogP contribution in [-0.2, 0) is 6.42 Å². The first-order valence-corrected chi connectivity index (χ1v) is 5.59. The molecule has 0 radical (unpaired) electrons. The number of aliphatic hydroxyl groups is 1. The van der Waals surface area contributed by atoms with E-state index in [4.69, 9.17) is 4.42 Å². The molecule has 2 heteroatoms. The lowest BCUT2D eigenvalue weighted by molar-refractivity contribution is 0.237. The smallest absolute Gasteiger partial charge is 0.143 e. The lowest BCUT2D eigenvalue weighted by Crippen LogP contribution is -1.90. The van der Waals surface area contributed by atoms with Crippen LogP contribution in [0.2, 0.25) is 0 Å². The quantitative estimate of drug-likeness (QED) is 0.816. The summed E-state index contributed by atoms with van der Waals surface area (Å²) in [5, 5.41) is 9.67. The van der Waals surface area contributed by atoms with Gasteiger partial charge in [-0.15, -0.1) is 0 Å². The maximum Gasteiger partial charge on any atom is 0.143 e. The zero-order chi connectivity index (χ0) is 11.9. The van der Waals surface area contributed by atoms with E-state index in [0.717, 1.165) is 12.8 Å². The van der Waals surface area contributed by atoms with Gasteiger partial charge in [-0.25, -0.2) is 0 Å². The lowest BCUT2D eigenvalue weighted by Gasteiger charge is -1.97. The van der Waals surface area contributed by atoms with Crippen LogP contribution in [0.5, 0.6) is 0 Å². The van der Waals surface area contributed by atoms with Crippen molar-refractivity contribution in [2.75, 3.05) is 0 Å². The van der Waals surface area contributed by atoms with Crippen LogP contribution in [0.1, 0.15) is 23.7 Å². The number of aryl methyl sites for hydroxylation is 1. The predicted octanol–water partition coefficient (Wildman–Crippen LogP) is 2.95. The summed E-state index contributed by atoms with van der Waals surface area (Å²) in [5.41, 5.74) is 1.97. The van der Waals surface area contributed by atoms with Crippen molar-refractivity contribution in [3.05, 3.63) is 60.1 Å². The molecule has 0 spiro atoms. The van der Waals surface area contributed by atoms with Gasteiger partial charge in [-0.05, 0) is 18.1 Å². The SMILES string of the molecule is O[C@@H](C#CCCc1ccccc1)c1ccoc1. The third kappa shape index (κ3) is 3.51. The largest absolute Gasteiger partial charge is 0.472 e. The molecule has 0 aliphatic rings. The van der Waals surface area contributed by atoms with Crippen molar-refractivity contribution in [2.24, 2.45) is 0 Å². The molecule has 0 aliphatic heterocycles. The molecule has 0 amide bonds. The summed E-state index contributed by atoms with van der Waals surface area (Å²) in [4.78, 5) is 0. The number of aliphatic hydroxyl groups excluding tert-OH is 1. The van der Waals surface area contributed by atoms with E-state index in [1.807, 2.05) is 18.2 Å². The lowest BCUT2D eigenvalue weighted by atomic mass is 10.1. The van der Waals surface area contributed by atoms with Crippen LogP contribution >= 0.6 is 0 Å². The minimum Gasteiger partial charge on any atom is -0.472 e. The molecule has 1 heterocycles. The van der Waals surface area contributed by atoms with Crippen LogP contribution in [0.3, 0.4) is 0 Å². The third-order valence-electron chi connectivity index (χ3n) is 2.48. The number of hydrogen-bond donors (Lipinski definition) is 1. The molecule has 0 saturated carbocycles. The Balaban J connectivity index is 1.83. The Kier molecular flexibility index (Phi) is 4.01. The highest BCUT2D eigenvalue weighted by atomic mass is 16.3. The van der Waals surface area contributed by atoms with Gasteiger partial charge in [0, 0.05) is 12.0 Å². The molecule has 86 valence electrons. The van der Waals surface area contributed by atoms with Gasteiger partial charge in [0.15, 0.2) is 0 Å². The topological polar surface area (TPSA) is 33.4 Å². The molecule has 2 rings (SSSR count). The Morgan fingerprint density at radius 3 is 2.71 bits per heavy atom. The van der Waals surface area contributed by atoms with Crippen LogP contribution in [0.15, 0.2) is 53.3 Å². The number of benzene rings is 1. The summed E-state index contributed by atoms with van der Waals surface area (Å²) in [6.45, 7) is 0. The van der Waals surface area contributed by atoms with E-state index in [0.29, 0.717) is 5.56 Å². The average Bonchev–Trinajstić information content (AvgIpc) is 2.89. The first-order chi connectivity index (χ1) is 8.36. The van der Waals surface area contributed by atoms with Gasteiger partial charge >= 0.3 is 0 Å². The molecular formula is C15H14O2. The molecule has 0 unspecified atom stereocenters.